The molecule has 1 heterocycles. The highest BCUT2D eigenvalue weighted by Gasteiger charge is 2.22. The van der Waals surface area contributed by atoms with Crippen molar-refractivity contribution in [3.05, 3.63) is 65.5 Å². The average molecular weight is 447 g/mol. The number of aromatic nitrogens is 1. The number of nitrogens with one attached hydrogen (secondary N) is 4. The molecule has 0 aliphatic heterocycles. The van der Waals surface area contributed by atoms with Crippen molar-refractivity contribution in [2.24, 2.45) is 11.7 Å². The fourth-order valence-corrected chi connectivity index (χ4v) is 2.88. The van der Waals surface area contributed by atoms with E-state index in [1.54, 1.807) is 18.3 Å². The highest BCUT2D eigenvalue weighted by Crippen LogP contribution is 2.07. The second-order valence-electron chi connectivity index (χ2n) is 7.35. The fourth-order valence-electron chi connectivity index (χ4n) is 2.88. The summed E-state index contributed by atoms with van der Waals surface area (Å²) >= 11 is 0. The van der Waals surface area contributed by atoms with Gasteiger partial charge in [0.05, 0.1) is 12.6 Å². The lowest BCUT2D eigenvalue weighted by molar-refractivity contribution is -0.128. The van der Waals surface area contributed by atoms with Crippen molar-refractivity contribution in [3.8, 4) is 0 Å². The van der Waals surface area contributed by atoms with Gasteiger partial charge in [0.1, 0.15) is 5.84 Å². The molecule has 1 atom stereocenters. The number of amidine groups is 1. The number of carbonyl (C=O) groups excluding carboxylic acids is 2. The highest BCUT2D eigenvalue weighted by molar-refractivity contribution is 5.94. The number of halogens is 1. The minimum Gasteiger partial charge on any atom is -0.384 e. The van der Waals surface area contributed by atoms with Crippen LogP contribution in [0.3, 0.4) is 0 Å². The normalized spacial score (nSPS) is 11.3. The summed E-state index contributed by atoms with van der Waals surface area (Å²) in [4.78, 5) is 28.7. The maximum atomic E-state index is 12.5. The quantitative estimate of drug-likeness (QED) is 0.262. The summed E-state index contributed by atoms with van der Waals surface area (Å²) in [6.45, 7) is 4.78. The van der Waals surface area contributed by atoms with Crippen molar-refractivity contribution in [3.63, 3.8) is 0 Å². The van der Waals surface area contributed by atoms with Crippen LogP contribution < -0.4 is 21.7 Å². The van der Waals surface area contributed by atoms with Gasteiger partial charge in [0, 0.05) is 37.0 Å². The van der Waals surface area contributed by atoms with Crippen LogP contribution in [0.15, 0.2) is 48.7 Å². The third-order valence-corrected chi connectivity index (χ3v) is 4.59. The summed E-state index contributed by atoms with van der Waals surface area (Å²) in [6, 6.07) is 12.5. The Kier molecular flexibility index (Phi) is 11.2. The molecule has 1 aromatic heterocycles. The Hall–Kier alpha value is -2.97. The fraction of sp³-hybridized carbons (Fsp3) is 0.364. The van der Waals surface area contributed by atoms with Gasteiger partial charge in [-0.3, -0.25) is 20.0 Å². The largest absolute Gasteiger partial charge is 0.384 e. The lowest BCUT2D eigenvalue weighted by Gasteiger charge is -2.22. The minimum atomic E-state index is -0.432. The van der Waals surface area contributed by atoms with Crippen molar-refractivity contribution in [1.82, 2.24) is 20.9 Å². The molecule has 2 aromatic rings. The van der Waals surface area contributed by atoms with E-state index in [1.165, 1.54) is 0 Å². The van der Waals surface area contributed by atoms with Gasteiger partial charge >= 0.3 is 0 Å². The van der Waals surface area contributed by atoms with Crippen LogP contribution in [0.5, 0.6) is 0 Å². The SMILES string of the molecule is CC(C)C(NCc1ccc(C(=N)N)cc1)C(=O)NCC(=O)NCCc1ccccn1.Cl. The molecule has 0 bridgehead atoms. The summed E-state index contributed by atoms with van der Waals surface area (Å²) in [6.07, 6.45) is 2.35. The van der Waals surface area contributed by atoms with Crippen molar-refractivity contribution in [2.45, 2.75) is 32.9 Å². The summed E-state index contributed by atoms with van der Waals surface area (Å²) in [5.41, 5.74) is 8.00. The highest BCUT2D eigenvalue weighted by atomic mass is 35.5. The number of nitrogens with zero attached hydrogens (tertiary/aromatic N) is 1. The predicted octanol–water partition coefficient (Wildman–Crippen LogP) is 1.38. The van der Waals surface area contributed by atoms with Crippen LogP contribution in [0.2, 0.25) is 0 Å². The van der Waals surface area contributed by atoms with E-state index in [0.717, 1.165) is 11.3 Å². The van der Waals surface area contributed by atoms with E-state index < -0.39 is 6.04 Å². The molecule has 2 amide bonds. The van der Waals surface area contributed by atoms with Crippen molar-refractivity contribution in [2.75, 3.05) is 13.1 Å². The molecule has 1 unspecified atom stereocenters. The maximum Gasteiger partial charge on any atom is 0.239 e. The van der Waals surface area contributed by atoms with Crippen LogP contribution in [0.4, 0.5) is 0 Å². The second-order valence-corrected chi connectivity index (χ2v) is 7.35. The van der Waals surface area contributed by atoms with Crippen LogP contribution in [0, 0.1) is 11.3 Å². The van der Waals surface area contributed by atoms with Gasteiger partial charge in [-0.1, -0.05) is 44.2 Å². The number of nitrogens with two attached hydrogens (primary N) is 1. The molecule has 0 saturated carbocycles. The number of hydrogen-bond acceptors (Lipinski definition) is 5. The average Bonchev–Trinajstić information content (AvgIpc) is 2.73. The molecule has 0 saturated heterocycles. The Morgan fingerprint density at radius 3 is 2.39 bits per heavy atom. The Bertz CT molecular complexity index is 843. The third kappa shape index (κ3) is 9.15. The van der Waals surface area contributed by atoms with E-state index in [0.29, 0.717) is 25.1 Å². The molecule has 2 rings (SSSR count). The number of nitrogen functional groups attached to an aromatic ring is 1. The maximum absolute atomic E-state index is 12.5. The molecule has 9 heteroatoms. The molecule has 0 fully saturated rings. The van der Waals surface area contributed by atoms with Crippen molar-refractivity contribution in [1.29, 1.82) is 5.41 Å². The zero-order valence-electron chi connectivity index (χ0n) is 17.9. The van der Waals surface area contributed by atoms with Gasteiger partial charge in [0.15, 0.2) is 0 Å². The lowest BCUT2D eigenvalue weighted by atomic mass is 10.0. The molecule has 168 valence electrons. The first-order valence-electron chi connectivity index (χ1n) is 9.98. The molecule has 0 aliphatic rings. The monoisotopic (exact) mass is 446 g/mol. The predicted molar refractivity (Wildman–Crippen MR) is 124 cm³/mol. The topological polar surface area (TPSA) is 133 Å². The van der Waals surface area contributed by atoms with Gasteiger partial charge in [-0.25, -0.2) is 0 Å². The van der Waals surface area contributed by atoms with Gasteiger partial charge in [-0.2, -0.15) is 0 Å². The molecule has 6 N–H and O–H groups in total. The Morgan fingerprint density at radius 1 is 1.10 bits per heavy atom. The molecule has 31 heavy (non-hydrogen) atoms. The van der Waals surface area contributed by atoms with Gasteiger partial charge in [0.25, 0.3) is 0 Å². The molecule has 0 aliphatic carbocycles. The van der Waals surface area contributed by atoms with E-state index in [4.69, 9.17) is 11.1 Å². The summed E-state index contributed by atoms with van der Waals surface area (Å²) in [5, 5.41) is 16.1. The van der Waals surface area contributed by atoms with Gasteiger partial charge in [-0.15, -0.1) is 12.4 Å². The first kappa shape index (κ1) is 26.1. The first-order chi connectivity index (χ1) is 14.4. The van der Waals surface area contributed by atoms with Crippen LogP contribution in [-0.4, -0.2) is 41.8 Å². The zero-order chi connectivity index (χ0) is 21.9. The Balaban J connectivity index is 0.00000480. The summed E-state index contributed by atoms with van der Waals surface area (Å²) < 4.78 is 0. The van der Waals surface area contributed by atoms with Crippen LogP contribution in [-0.2, 0) is 22.6 Å². The van der Waals surface area contributed by atoms with Crippen LogP contribution >= 0.6 is 12.4 Å². The van der Waals surface area contributed by atoms with Crippen LogP contribution in [0.25, 0.3) is 0 Å². The molecule has 8 nitrogen and oxygen atoms in total. The van der Waals surface area contributed by atoms with Crippen LogP contribution in [0.1, 0.15) is 30.7 Å². The van der Waals surface area contributed by atoms with E-state index >= 15 is 0 Å². The number of amides is 2. The summed E-state index contributed by atoms with van der Waals surface area (Å²) in [5.74, 6) is -0.382. The summed E-state index contributed by atoms with van der Waals surface area (Å²) in [7, 11) is 0. The number of carbonyl (C=O) groups is 2. The number of pyridine rings is 1. The van der Waals surface area contributed by atoms with E-state index in [1.807, 2.05) is 44.2 Å². The number of benzene rings is 1. The minimum absolute atomic E-state index is 0. The Morgan fingerprint density at radius 2 is 1.81 bits per heavy atom. The first-order valence-corrected chi connectivity index (χ1v) is 9.98. The zero-order valence-corrected chi connectivity index (χ0v) is 18.7. The number of hydrogen-bond donors (Lipinski definition) is 5. The van der Waals surface area contributed by atoms with Gasteiger partial charge in [-0.05, 0) is 23.6 Å². The van der Waals surface area contributed by atoms with E-state index in [-0.39, 0.29) is 42.5 Å². The third-order valence-electron chi connectivity index (χ3n) is 4.59. The molecule has 1 aromatic carbocycles. The molecule has 0 radical (unpaired) electrons. The van der Waals surface area contributed by atoms with E-state index in [9.17, 15) is 9.59 Å². The Labute approximate surface area is 189 Å². The smallest absolute Gasteiger partial charge is 0.239 e. The lowest BCUT2D eigenvalue weighted by Crippen LogP contribution is -2.49. The van der Waals surface area contributed by atoms with Crippen molar-refractivity contribution >= 4 is 30.1 Å². The standard InChI is InChI=1S/C22H30N6O2.ClH/c1-15(2)20(27-13-16-6-8-17(9-7-16)21(23)24)22(30)28-14-19(29)26-12-10-18-5-3-4-11-25-18;/h3-9,11,15,20,27H,10,12-14H2,1-2H3,(H3,23,24)(H,26,29)(H,28,30);1H. The van der Waals surface area contributed by atoms with Gasteiger partial charge in [0.2, 0.25) is 11.8 Å². The van der Waals surface area contributed by atoms with Gasteiger partial charge < -0.3 is 21.7 Å². The molecular weight excluding hydrogens is 416 g/mol. The molecule has 0 spiro atoms. The second kappa shape index (κ2) is 13.4. The molecular formula is C22H31ClN6O2. The number of rotatable bonds is 11. The van der Waals surface area contributed by atoms with Crippen molar-refractivity contribution < 1.29 is 9.59 Å². The van der Waals surface area contributed by atoms with E-state index in [2.05, 4.69) is 20.9 Å².